The maximum Gasteiger partial charge on any atom is 0.229 e. The normalized spacial score (nSPS) is 14.3. The molecule has 0 aliphatic heterocycles. The zero-order valence-corrected chi connectivity index (χ0v) is 14.6. The van der Waals surface area contributed by atoms with Crippen molar-refractivity contribution in [2.45, 2.75) is 0 Å². The number of carbonyl (C=O) groups is 2. The number of rotatable bonds is 4. The molecule has 0 fully saturated rings. The largest absolute Gasteiger partial charge is 0.504 e. The molecule has 2 aromatic rings. The van der Waals surface area contributed by atoms with Gasteiger partial charge in [-0.1, -0.05) is 30.3 Å². The molecule has 0 saturated heterocycles. The van der Waals surface area contributed by atoms with Crippen molar-refractivity contribution in [2.24, 2.45) is 4.99 Å². The van der Waals surface area contributed by atoms with Gasteiger partial charge in [0.05, 0.1) is 25.5 Å². The van der Waals surface area contributed by atoms with Crippen LogP contribution < -0.4 is 9.47 Å². The molecule has 0 amide bonds. The van der Waals surface area contributed by atoms with E-state index in [-0.39, 0.29) is 22.4 Å². The first kappa shape index (κ1) is 17.4. The van der Waals surface area contributed by atoms with Gasteiger partial charge in [-0.2, -0.15) is 0 Å². The first-order valence-electron chi connectivity index (χ1n) is 7.84. The Kier molecular flexibility index (Phi) is 4.58. The van der Waals surface area contributed by atoms with Gasteiger partial charge in [-0.3, -0.25) is 14.6 Å². The highest BCUT2D eigenvalue weighted by atomic mass is 16.5. The third kappa shape index (κ3) is 2.65. The number of allylic oxidation sites excluding steroid dienone is 2. The molecule has 0 unspecified atom stereocenters. The molecule has 0 bridgehead atoms. The van der Waals surface area contributed by atoms with Crippen molar-refractivity contribution < 1.29 is 24.2 Å². The number of carbonyl (C=O) groups excluding carboxylic acids is 2. The summed E-state index contributed by atoms with van der Waals surface area (Å²) in [6.45, 7) is 0. The van der Waals surface area contributed by atoms with Crippen LogP contribution in [0, 0.1) is 0 Å². The number of aliphatic imine (C=N–C) groups is 1. The molecule has 6 nitrogen and oxygen atoms in total. The quantitative estimate of drug-likeness (QED) is 0.856. The summed E-state index contributed by atoms with van der Waals surface area (Å²) in [6.07, 6.45) is 0. The van der Waals surface area contributed by atoms with Crippen LogP contribution in [0.25, 0.3) is 0 Å². The fourth-order valence-electron chi connectivity index (χ4n) is 2.94. The van der Waals surface area contributed by atoms with Crippen LogP contribution in [0.1, 0.15) is 26.3 Å². The standard InChI is InChI=1S/C20H17NO5/c1-21-17(11-7-5-4-6-8-11)16-18(22)12-9-14(25-2)15(26-3)10-13(12)19(23)20(16)24/h4-10,24H,1-3H3. The van der Waals surface area contributed by atoms with Crippen molar-refractivity contribution in [3.05, 3.63) is 70.5 Å². The minimum Gasteiger partial charge on any atom is -0.504 e. The summed E-state index contributed by atoms with van der Waals surface area (Å²) in [4.78, 5) is 29.9. The van der Waals surface area contributed by atoms with Crippen molar-refractivity contribution in [2.75, 3.05) is 21.3 Å². The molecule has 0 spiro atoms. The number of hydrogen-bond donors (Lipinski definition) is 1. The second-order valence-electron chi connectivity index (χ2n) is 5.57. The van der Waals surface area contributed by atoms with Crippen LogP contribution in [-0.4, -0.2) is 43.7 Å². The van der Waals surface area contributed by atoms with Crippen LogP contribution in [0.15, 0.2) is 58.8 Å². The van der Waals surface area contributed by atoms with Crippen LogP contribution in [0.3, 0.4) is 0 Å². The fourth-order valence-corrected chi connectivity index (χ4v) is 2.94. The topological polar surface area (TPSA) is 85.2 Å². The van der Waals surface area contributed by atoms with Crippen molar-refractivity contribution in [3.8, 4) is 11.5 Å². The van der Waals surface area contributed by atoms with Gasteiger partial charge in [0.25, 0.3) is 0 Å². The zero-order valence-electron chi connectivity index (χ0n) is 14.6. The number of aliphatic hydroxyl groups excluding tert-OH is 1. The summed E-state index contributed by atoms with van der Waals surface area (Å²) >= 11 is 0. The van der Waals surface area contributed by atoms with Crippen LogP contribution in [0.5, 0.6) is 11.5 Å². The lowest BCUT2D eigenvalue weighted by Crippen LogP contribution is -2.27. The van der Waals surface area contributed by atoms with E-state index in [4.69, 9.17) is 9.47 Å². The Morgan fingerprint density at radius 3 is 1.96 bits per heavy atom. The van der Waals surface area contributed by atoms with E-state index in [0.29, 0.717) is 17.1 Å². The molecule has 0 atom stereocenters. The molecule has 132 valence electrons. The Labute approximate surface area is 150 Å². The molecule has 1 aliphatic carbocycles. The summed E-state index contributed by atoms with van der Waals surface area (Å²) < 4.78 is 10.4. The van der Waals surface area contributed by atoms with Crippen molar-refractivity contribution in [3.63, 3.8) is 0 Å². The minimum absolute atomic E-state index is 0.0671. The second kappa shape index (κ2) is 6.84. The molecule has 3 rings (SSSR count). The van der Waals surface area contributed by atoms with Gasteiger partial charge in [0, 0.05) is 23.7 Å². The zero-order chi connectivity index (χ0) is 18.8. The van der Waals surface area contributed by atoms with Gasteiger partial charge in [-0.15, -0.1) is 0 Å². The molecule has 2 aromatic carbocycles. The van der Waals surface area contributed by atoms with E-state index in [0.717, 1.165) is 0 Å². The average molecular weight is 351 g/mol. The van der Waals surface area contributed by atoms with E-state index < -0.39 is 17.3 Å². The molecule has 26 heavy (non-hydrogen) atoms. The average Bonchev–Trinajstić information content (AvgIpc) is 2.69. The van der Waals surface area contributed by atoms with E-state index in [9.17, 15) is 14.7 Å². The predicted octanol–water partition coefficient (Wildman–Crippen LogP) is 3.01. The third-order valence-electron chi connectivity index (χ3n) is 4.20. The maximum absolute atomic E-state index is 13.1. The fraction of sp³-hybridized carbons (Fsp3) is 0.150. The Bertz CT molecular complexity index is 958. The summed E-state index contributed by atoms with van der Waals surface area (Å²) in [5.74, 6) is -1.16. The highest BCUT2D eigenvalue weighted by Gasteiger charge is 2.36. The number of aliphatic hydroxyl groups is 1. The number of nitrogens with zero attached hydrogens (tertiary/aromatic N) is 1. The summed E-state index contributed by atoms with van der Waals surface area (Å²) in [5.41, 5.74) is 0.960. The number of Topliss-reactive ketones (excluding diaryl/α,β-unsaturated/α-hetero) is 2. The molecular formula is C20H17NO5. The molecule has 6 heteroatoms. The minimum atomic E-state index is -0.660. The van der Waals surface area contributed by atoms with Crippen LogP contribution in [-0.2, 0) is 0 Å². The van der Waals surface area contributed by atoms with Gasteiger partial charge in [-0.25, -0.2) is 0 Å². The number of benzene rings is 2. The van der Waals surface area contributed by atoms with Crippen LogP contribution in [0.4, 0.5) is 0 Å². The lowest BCUT2D eigenvalue weighted by molar-refractivity contribution is 0.0933. The van der Waals surface area contributed by atoms with Gasteiger partial charge < -0.3 is 14.6 Å². The molecule has 1 N–H and O–H groups in total. The third-order valence-corrected chi connectivity index (χ3v) is 4.20. The van der Waals surface area contributed by atoms with Gasteiger partial charge in [0.1, 0.15) is 0 Å². The van der Waals surface area contributed by atoms with Gasteiger partial charge in [0.15, 0.2) is 23.0 Å². The first-order valence-corrected chi connectivity index (χ1v) is 7.84. The summed E-state index contributed by atoms with van der Waals surface area (Å²) in [7, 11) is 4.37. The van der Waals surface area contributed by atoms with E-state index in [2.05, 4.69) is 4.99 Å². The van der Waals surface area contributed by atoms with Gasteiger partial charge in [-0.05, 0) is 12.1 Å². The molecular weight excluding hydrogens is 334 g/mol. The number of fused-ring (bicyclic) bond motifs is 1. The molecule has 0 radical (unpaired) electrons. The van der Waals surface area contributed by atoms with Gasteiger partial charge in [0.2, 0.25) is 5.78 Å². The maximum atomic E-state index is 13.1. The lowest BCUT2D eigenvalue weighted by Gasteiger charge is -2.20. The van der Waals surface area contributed by atoms with Gasteiger partial charge >= 0.3 is 0 Å². The molecule has 0 heterocycles. The van der Waals surface area contributed by atoms with Crippen LogP contribution >= 0.6 is 0 Å². The van der Waals surface area contributed by atoms with E-state index in [1.165, 1.54) is 33.4 Å². The molecule has 1 aliphatic rings. The highest BCUT2D eigenvalue weighted by molar-refractivity contribution is 6.40. The van der Waals surface area contributed by atoms with E-state index in [1.54, 1.807) is 24.3 Å². The number of ketones is 2. The number of methoxy groups -OCH3 is 2. The van der Waals surface area contributed by atoms with Crippen LogP contribution in [0.2, 0.25) is 0 Å². The van der Waals surface area contributed by atoms with E-state index >= 15 is 0 Å². The Hall–Kier alpha value is -3.41. The molecule has 0 aromatic heterocycles. The van der Waals surface area contributed by atoms with Crippen molar-refractivity contribution >= 4 is 17.3 Å². The summed E-state index contributed by atoms with van der Waals surface area (Å²) in [6, 6.07) is 11.7. The Balaban J connectivity index is 2.21. The van der Waals surface area contributed by atoms with Crippen molar-refractivity contribution in [1.82, 2.24) is 0 Å². The number of hydrogen-bond acceptors (Lipinski definition) is 6. The Morgan fingerprint density at radius 2 is 1.46 bits per heavy atom. The smallest absolute Gasteiger partial charge is 0.229 e. The monoisotopic (exact) mass is 351 g/mol. The summed E-state index contributed by atoms with van der Waals surface area (Å²) in [5, 5.41) is 10.5. The predicted molar refractivity (Wildman–Crippen MR) is 96.8 cm³/mol. The highest BCUT2D eigenvalue weighted by Crippen LogP contribution is 2.36. The molecule has 0 saturated carbocycles. The van der Waals surface area contributed by atoms with Crippen molar-refractivity contribution in [1.29, 1.82) is 0 Å². The Morgan fingerprint density at radius 1 is 0.923 bits per heavy atom. The SMILES string of the molecule is CN=C(C1=C(O)C(=O)c2cc(OC)c(OC)cc2C1=O)c1ccccc1. The second-order valence-corrected chi connectivity index (χ2v) is 5.57. The first-order chi connectivity index (χ1) is 12.5. The lowest BCUT2D eigenvalue weighted by atomic mass is 9.84. The number of ether oxygens (including phenoxy) is 2. The van der Waals surface area contributed by atoms with E-state index in [1.807, 2.05) is 6.07 Å².